The largest absolute Gasteiger partial charge is 0.467 e. The van der Waals surface area contributed by atoms with Gasteiger partial charge in [0.2, 0.25) is 5.82 Å². The number of hydrogen-bond donors (Lipinski definition) is 1. The Bertz CT molecular complexity index is 557. The molecule has 2 aromatic rings. The maximum absolute atomic E-state index is 12.5. The summed E-state index contributed by atoms with van der Waals surface area (Å²) in [5, 5.41) is 2.49. The van der Waals surface area contributed by atoms with Crippen LogP contribution in [-0.4, -0.2) is 9.97 Å². The van der Waals surface area contributed by atoms with Crippen LogP contribution in [0, 0.1) is 0 Å². The van der Waals surface area contributed by atoms with Crippen LogP contribution in [0.15, 0.2) is 28.9 Å². The first-order valence-corrected chi connectivity index (χ1v) is 5.66. The molecule has 8 heteroatoms. The standard InChI is InChI=1S/C11H9ClF3N3O/c1-6(7-3-2-4-19-7)16-9-5-8(12)17-10(18-9)11(13,14)15/h2-6H,1H3,(H,16,17,18). The lowest BCUT2D eigenvalue weighted by atomic mass is 10.2. The van der Waals surface area contributed by atoms with Gasteiger partial charge in [-0.3, -0.25) is 0 Å². The molecule has 0 aliphatic heterocycles. The van der Waals surface area contributed by atoms with E-state index in [-0.39, 0.29) is 17.0 Å². The molecule has 102 valence electrons. The van der Waals surface area contributed by atoms with Crippen LogP contribution in [0.1, 0.15) is 24.6 Å². The normalized spacial score (nSPS) is 13.3. The highest BCUT2D eigenvalue weighted by atomic mass is 35.5. The van der Waals surface area contributed by atoms with Gasteiger partial charge in [-0.05, 0) is 19.1 Å². The minimum atomic E-state index is -4.64. The molecule has 2 aromatic heterocycles. The van der Waals surface area contributed by atoms with Crippen LogP contribution >= 0.6 is 11.6 Å². The van der Waals surface area contributed by atoms with E-state index < -0.39 is 12.0 Å². The summed E-state index contributed by atoms with van der Waals surface area (Å²) in [4.78, 5) is 6.52. The molecule has 0 radical (unpaired) electrons. The maximum atomic E-state index is 12.5. The Kier molecular flexibility index (Phi) is 3.66. The number of halogens is 4. The molecular weight excluding hydrogens is 283 g/mol. The predicted molar refractivity (Wildman–Crippen MR) is 62.8 cm³/mol. The van der Waals surface area contributed by atoms with Gasteiger partial charge in [0.25, 0.3) is 0 Å². The molecule has 0 bridgehead atoms. The Morgan fingerprint density at radius 3 is 2.68 bits per heavy atom. The van der Waals surface area contributed by atoms with E-state index in [2.05, 4.69) is 15.3 Å². The topological polar surface area (TPSA) is 51.0 Å². The van der Waals surface area contributed by atoms with Crippen LogP contribution in [-0.2, 0) is 6.18 Å². The van der Waals surface area contributed by atoms with E-state index in [1.807, 2.05) is 0 Å². The Morgan fingerprint density at radius 2 is 2.11 bits per heavy atom. The molecule has 4 nitrogen and oxygen atoms in total. The molecule has 1 atom stereocenters. The van der Waals surface area contributed by atoms with Gasteiger partial charge in [0.1, 0.15) is 16.7 Å². The summed E-state index contributed by atoms with van der Waals surface area (Å²) in [7, 11) is 0. The molecule has 0 aliphatic carbocycles. The lowest BCUT2D eigenvalue weighted by Gasteiger charge is -2.13. The van der Waals surface area contributed by atoms with Crippen LogP contribution < -0.4 is 5.32 Å². The Hall–Kier alpha value is -1.76. The molecule has 2 rings (SSSR count). The average molecular weight is 292 g/mol. The first kappa shape index (κ1) is 13.7. The molecule has 0 amide bonds. The zero-order valence-electron chi connectivity index (χ0n) is 9.70. The minimum absolute atomic E-state index is 0.0174. The zero-order chi connectivity index (χ0) is 14.0. The molecule has 0 aliphatic rings. The van der Waals surface area contributed by atoms with Crippen molar-refractivity contribution in [2.24, 2.45) is 0 Å². The van der Waals surface area contributed by atoms with Gasteiger partial charge >= 0.3 is 6.18 Å². The summed E-state index contributed by atoms with van der Waals surface area (Å²) >= 11 is 5.55. The quantitative estimate of drug-likeness (QED) is 0.871. The highest BCUT2D eigenvalue weighted by Gasteiger charge is 2.35. The lowest BCUT2D eigenvalue weighted by molar-refractivity contribution is -0.144. The van der Waals surface area contributed by atoms with E-state index in [9.17, 15) is 13.2 Å². The highest BCUT2D eigenvalue weighted by molar-refractivity contribution is 6.29. The fourth-order valence-corrected chi connectivity index (χ4v) is 1.63. The highest BCUT2D eigenvalue weighted by Crippen LogP contribution is 2.29. The van der Waals surface area contributed by atoms with E-state index in [1.165, 1.54) is 12.3 Å². The number of furan rings is 1. The molecule has 0 saturated heterocycles. The maximum Gasteiger partial charge on any atom is 0.451 e. The predicted octanol–water partition coefficient (Wildman–Crippen LogP) is 3.91. The molecule has 2 heterocycles. The fourth-order valence-electron chi connectivity index (χ4n) is 1.45. The summed E-state index contributed by atoms with van der Waals surface area (Å²) < 4.78 is 42.7. The molecule has 0 fully saturated rings. The van der Waals surface area contributed by atoms with Gasteiger partial charge in [-0.15, -0.1) is 0 Å². The molecule has 1 unspecified atom stereocenters. The first-order chi connectivity index (χ1) is 8.86. The van der Waals surface area contributed by atoms with E-state index in [0.29, 0.717) is 5.76 Å². The number of nitrogens with zero attached hydrogens (tertiary/aromatic N) is 2. The second kappa shape index (κ2) is 5.08. The third-order valence-corrected chi connectivity index (χ3v) is 2.48. The number of nitrogens with one attached hydrogen (secondary N) is 1. The zero-order valence-corrected chi connectivity index (χ0v) is 10.5. The SMILES string of the molecule is CC(Nc1cc(Cl)nc(C(F)(F)F)n1)c1ccco1. The van der Waals surface area contributed by atoms with Gasteiger partial charge in [0.05, 0.1) is 12.3 Å². The van der Waals surface area contributed by atoms with Crippen molar-refractivity contribution in [3.8, 4) is 0 Å². The third kappa shape index (κ3) is 3.37. The second-order valence-corrected chi connectivity index (χ2v) is 4.17. The van der Waals surface area contributed by atoms with Gasteiger partial charge in [-0.25, -0.2) is 9.97 Å². The van der Waals surface area contributed by atoms with Crippen LogP contribution in [0.2, 0.25) is 5.15 Å². The summed E-state index contributed by atoms with van der Waals surface area (Å²) in [6.45, 7) is 1.72. The smallest absolute Gasteiger partial charge is 0.451 e. The lowest BCUT2D eigenvalue weighted by Crippen LogP contribution is -2.14. The van der Waals surface area contributed by atoms with Crippen molar-refractivity contribution in [1.82, 2.24) is 9.97 Å². The van der Waals surface area contributed by atoms with Gasteiger partial charge in [-0.1, -0.05) is 11.6 Å². The monoisotopic (exact) mass is 291 g/mol. The number of rotatable bonds is 3. The summed E-state index contributed by atoms with van der Waals surface area (Å²) in [5.74, 6) is -0.728. The van der Waals surface area contributed by atoms with Crippen molar-refractivity contribution in [2.75, 3.05) is 5.32 Å². The van der Waals surface area contributed by atoms with Crippen molar-refractivity contribution in [3.05, 3.63) is 41.2 Å². The molecule has 0 spiro atoms. The average Bonchev–Trinajstić information content (AvgIpc) is 2.80. The molecule has 0 saturated carbocycles. The molecule has 1 N–H and O–H groups in total. The summed E-state index contributed by atoms with van der Waals surface area (Å²) in [6, 6.07) is 4.25. The van der Waals surface area contributed by atoms with Crippen molar-refractivity contribution in [3.63, 3.8) is 0 Å². The summed E-state index contributed by atoms with van der Waals surface area (Å²) in [6.07, 6.45) is -3.17. The Balaban J connectivity index is 2.23. The number of alkyl halides is 3. The van der Waals surface area contributed by atoms with Crippen LogP contribution in [0.5, 0.6) is 0 Å². The van der Waals surface area contributed by atoms with Crippen molar-refractivity contribution in [2.45, 2.75) is 19.1 Å². The van der Waals surface area contributed by atoms with Gasteiger partial charge in [0, 0.05) is 6.07 Å². The first-order valence-electron chi connectivity index (χ1n) is 5.28. The third-order valence-electron chi connectivity index (χ3n) is 2.28. The van der Waals surface area contributed by atoms with Crippen molar-refractivity contribution < 1.29 is 17.6 Å². The number of hydrogen-bond acceptors (Lipinski definition) is 4. The Morgan fingerprint density at radius 1 is 1.37 bits per heavy atom. The fraction of sp³-hybridized carbons (Fsp3) is 0.273. The number of anilines is 1. The van der Waals surface area contributed by atoms with Crippen molar-refractivity contribution >= 4 is 17.4 Å². The van der Waals surface area contributed by atoms with Crippen LogP contribution in [0.25, 0.3) is 0 Å². The molecule has 19 heavy (non-hydrogen) atoms. The molecule has 0 aromatic carbocycles. The molecular formula is C11H9ClF3N3O. The van der Waals surface area contributed by atoms with Gasteiger partial charge < -0.3 is 9.73 Å². The Labute approximate surface area is 111 Å². The van der Waals surface area contributed by atoms with E-state index in [0.717, 1.165) is 0 Å². The minimum Gasteiger partial charge on any atom is -0.467 e. The second-order valence-electron chi connectivity index (χ2n) is 3.78. The van der Waals surface area contributed by atoms with Crippen molar-refractivity contribution in [1.29, 1.82) is 0 Å². The van der Waals surface area contributed by atoms with E-state index >= 15 is 0 Å². The van der Waals surface area contributed by atoms with Gasteiger partial charge in [0.15, 0.2) is 0 Å². The van der Waals surface area contributed by atoms with Crippen LogP contribution in [0.4, 0.5) is 19.0 Å². The van der Waals surface area contributed by atoms with Crippen LogP contribution in [0.3, 0.4) is 0 Å². The van der Waals surface area contributed by atoms with E-state index in [4.69, 9.17) is 16.0 Å². The number of aromatic nitrogens is 2. The van der Waals surface area contributed by atoms with Gasteiger partial charge in [-0.2, -0.15) is 13.2 Å². The summed E-state index contributed by atoms with van der Waals surface area (Å²) in [5.41, 5.74) is 0. The van der Waals surface area contributed by atoms with E-state index in [1.54, 1.807) is 19.1 Å².